The Morgan fingerprint density at radius 1 is 1.14 bits per heavy atom. The van der Waals surface area contributed by atoms with Crippen LogP contribution in [0.1, 0.15) is 38.7 Å². The molecule has 2 bridgehead atoms. The Morgan fingerprint density at radius 3 is 2.38 bits per heavy atom. The molecule has 0 spiro atoms. The SMILES string of the molecule is CCc1ccccc1NC(=O)COC(=O)[C@@H](C)N1C(=O)[C@@H]2[C@H]3CC[C@@H](C3)[C@@H]2C1=O. The number of imide groups is 1. The molecule has 5 atom stereocenters. The molecule has 29 heavy (non-hydrogen) atoms. The number of ether oxygens (including phenoxy) is 1. The molecule has 0 radical (unpaired) electrons. The van der Waals surface area contributed by atoms with Crippen molar-refractivity contribution in [3.63, 3.8) is 0 Å². The maximum atomic E-state index is 12.8. The van der Waals surface area contributed by atoms with Crippen LogP contribution in [0.3, 0.4) is 0 Å². The predicted molar refractivity (Wildman–Crippen MR) is 105 cm³/mol. The van der Waals surface area contributed by atoms with Crippen molar-refractivity contribution in [2.75, 3.05) is 11.9 Å². The first kappa shape index (κ1) is 19.6. The van der Waals surface area contributed by atoms with Gasteiger partial charge in [0.1, 0.15) is 6.04 Å². The third-order valence-electron chi connectivity index (χ3n) is 6.71. The normalized spacial score (nSPS) is 28.4. The number of hydrogen-bond donors (Lipinski definition) is 1. The van der Waals surface area contributed by atoms with E-state index in [1.807, 2.05) is 25.1 Å². The Labute approximate surface area is 169 Å². The topological polar surface area (TPSA) is 92.8 Å². The summed E-state index contributed by atoms with van der Waals surface area (Å²) in [6.45, 7) is 3.01. The number of hydrogen-bond acceptors (Lipinski definition) is 5. The third kappa shape index (κ3) is 3.32. The molecule has 0 aromatic heterocycles. The zero-order valence-corrected chi connectivity index (χ0v) is 16.7. The highest BCUT2D eigenvalue weighted by Crippen LogP contribution is 2.56. The van der Waals surface area contributed by atoms with Gasteiger partial charge >= 0.3 is 5.97 Å². The average molecular weight is 398 g/mol. The van der Waals surface area contributed by atoms with E-state index in [4.69, 9.17) is 4.74 Å². The summed E-state index contributed by atoms with van der Waals surface area (Å²) in [7, 11) is 0. The maximum absolute atomic E-state index is 12.8. The molecule has 2 aliphatic carbocycles. The molecule has 3 fully saturated rings. The Morgan fingerprint density at radius 2 is 1.76 bits per heavy atom. The molecule has 7 heteroatoms. The van der Waals surface area contributed by atoms with Crippen LogP contribution in [0.5, 0.6) is 0 Å². The molecule has 7 nitrogen and oxygen atoms in total. The lowest BCUT2D eigenvalue weighted by atomic mass is 9.81. The van der Waals surface area contributed by atoms with Gasteiger partial charge in [0.15, 0.2) is 6.61 Å². The molecule has 1 saturated heterocycles. The number of fused-ring (bicyclic) bond motifs is 5. The van der Waals surface area contributed by atoms with Gasteiger partial charge in [0.2, 0.25) is 11.8 Å². The number of amides is 3. The highest BCUT2D eigenvalue weighted by Gasteiger charge is 2.62. The number of likely N-dealkylation sites (tertiary alicyclic amines) is 1. The van der Waals surface area contributed by atoms with Gasteiger partial charge in [0.25, 0.3) is 5.91 Å². The van der Waals surface area contributed by atoms with Crippen molar-refractivity contribution in [1.82, 2.24) is 4.90 Å². The molecule has 1 aliphatic heterocycles. The lowest BCUT2D eigenvalue weighted by Crippen LogP contribution is -2.45. The fourth-order valence-electron chi connectivity index (χ4n) is 5.31. The average Bonchev–Trinajstić information content (AvgIpc) is 3.40. The quantitative estimate of drug-likeness (QED) is 0.585. The van der Waals surface area contributed by atoms with E-state index in [0.29, 0.717) is 5.69 Å². The second-order valence-corrected chi connectivity index (χ2v) is 8.27. The number of nitrogens with one attached hydrogen (secondary N) is 1. The lowest BCUT2D eigenvalue weighted by molar-refractivity contribution is -0.159. The van der Waals surface area contributed by atoms with Crippen molar-refractivity contribution >= 4 is 29.4 Å². The summed E-state index contributed by atoms with van der Waals surface area (Å²) in [6.07, 6.45) is 3.67. The minimum absolute atomic E-state index is 0.252. The molecule has 3 amide bonds. The fourth-order valence-corrected chi connectivity index (χ4v) is 5.31. The van der Waals surface area contributed by atoms with Crippen LogP contribution >= 0.6 is 0 Å². The summed E-state index contributed by atoms with van der Waals surface area (Å²) in [5, 5.41) is 2.73. The Balaban J connectivity index is 1.35. The Hall–Kier alpha value is -2.70. The van der Waals surface area contributed by atoms with Crippen LogP contribution in [0.25, 0.3) is 0 Å². The number of aryl methyl sites for hydroxylation is 1. The second-order valence-electron chi connectivity index (χ2n) is 8.27. The van der Waals surface area contributed by atoms with Crippen molar-refractivity contribution in [2.24, 2.45) is 23.7 Å². The van der Waals surface area contributed by atoms with Crippen molar-refractivity contribution < 1.29 is 23.9 Å². The van der Waals surface area contributed by atoms with E-state index in [1.54, 1.807) is 6.07 Å². The van der Waals surface area contributed by atoms with E-state index in [1.165, 1.54) is 6.92 Å². The van der Waals surface area contributed by atoms with Crippen molar-refractivity contribution in [3.05, 3.63) is 29.8 Å². The van der Waals surface area contributed by atoms with Gasteiger partial charge in [-0.3, -0.25) is 19.3 Å². The zero-order chi connectivity index (χ0) is 20.7. The minimum atomic E-state index is -1.02. The largest absolute Gasteiger partial charge is 0.454 e. The number of carbonyl (C=O) groups excluding carboxylic acids is 4. The van der Waals surface area contributed by atoms with E-state index in [9.17, 15) is 19.2 Å². The molecule has 3 aliphatic rings. The van der Waals surface area contributed by atoms with Gasteiger partial charge in [-0.15, -0.1) is 0 Å². The van der Waals surface area contributed by atoms with Gasteiger partial charge in [0, 0.05) is 5.69 Å². The monoisotopic (exact) mass is 398 g/mol. The van der Waals surface area contributed by atoms with Crippen LogP contribution < -0.4 is 5.32 Å². The highest BCUT2D eigenvalue weighted by molar-refractivity contribution is 6.08. The molecule has 1 aromatic rings. The van der Waals surface area contributed by atoms with Gasteiger partial charge in [-0.25, -0.2) is 4.79 Å². The number of para-hydroxylation sites is 1. The molecule has 154 valence electrons. The van der Waals surface area contributed by atoms with Crippen LogP contribution in [0.2, 0.25) is 0 Å². The summed E-state index contributed by atoms with van der Waals surface area (Å²) in [6, 6.07) is 6.39. The number of benzene rings is 1. The number of carbonyl (C=O) groups is 4. The molecule has 1 N–H and O–H groups in total. The van der Waals surface area contributed by atoms with Crippen LogP contribution in [-0.2, 0) is 30.3 Å². The molecule has 1 heterocycles. The van der Waals surface area contributed by atoms with Crippen LogP contribution in [0.4, 0.5) is 5.69 Å². The number of rotatable bonds is 6. The fraction of sp³-hybridized carbons (Fsp3) is 0.545. The lowest BCUT2D eigenvalue weighted by Gasteiger charge is -2.23. The Kier molecular flexibility index (Phi) is 5.15. The van der Waals surface area contributed by atoms with E-state index in [-0.39, 0.29) is 35.5 Å². The maximum Gasteiger partial charge on any atom is 0.329 e. The highest BCUT2D eigenvalue weighted by atomic mass is 16.5. The number of nitrogens with zero attached hydrogens (tertiary/aromatic N) is 1. The molecule has 2 saturated carbocycles. The van der Waals surface area contributed by atoms with E-state index in [0.717, 1.165) is 36.1 Å². The van der Waals surface area contributed by atoms with E-state index in [2.05, 4.69) is 5.32 Å². The molecule has 0 unspecified atom stereocenters. The molecular formula is C22H26N2O5. The summed E-state index contributed by atoms with van der Waals surface area (Å²) in [5.74, 6) is -1.72. The van der Waals surface area contributed by atoms with E-state index >= 15 is 0 Å². The van der Waals surface area contributed by atoms with Gasteiger partial charge in [0.05, 0.1) is 11.8 Å². The third-order valence-corrected chi connectivity index (χ3v) is 6.71. The van der Waals surface area contributed by atoms with Gasteiger partial charge < -0.3 is 10.1 Å². The van der Waals surface area contributed by atoms with Gasteiger partial charge in [-0.1, -0.05) is 25.1 Å². The summed E-state index contributed by atoms with van der Waals surface area (Å²) < 4.78 is 5.11. The summed E-state index contributed by atoms with van der Waals surface area (Å²) >= 11 is 0. The smallest absolute Gasteiger partial charge is 0.329 e. The standard InChI is InChI=1S/C22H26N2O5/c1-3-13-6-4-5-7-16(13)23-17(25)11-29-22(28)12(2)24-20(26)18-14-8-9-15(10-14)19(18)21(24)27/h4-7,12,14-15,18-19H,3,8-11H2,1-2H3,(H,23,25)/t12-,14+,15+,18-,19+/m1/s1. The first-order chi connectivity index (χ1) is 13.9. The van der Waals surface area contributed by atoms with Crippen LogP contribution in [0.15, 0.2) is 24.3 Å². The summed E-state index contributed by atoms with van der Waals surface area (Å²) in [4.78, 5) is 51.3. The summed E-state index contributed by atoms with van der Waals surface area (Å²) in [5.41, 5.74) is 1.66. The van der Waals surface area contributed by atoms with Crippen LogP contribution in [-0.4, -0.2) is 41.2 Å². The molecule has 1 aromatic carbocycles. The molecular weight excluding hydrogens is 372 g/mol. The van der Waals surface area contributed by atoms with E-state index < -0.39 is 24.5 Å². The number of anilines is 1. The number of esters is 1. The second kappa shape index (κ2) is 7.61. The first-order valence-corrected chi connectivity index (χ1v) is 10.3. The first-order valence-electron chi connectivity index (χ1n) is 10.3. The molecule has 4 rings (SSSR count). The zero-order valence-electron chi connectivity index (χ0n) is 16.7. The predicted octanol–water partition coefficient (Wildman–Crippen LogP) is 2.15. The van der Waals surface area contributed by atoms with Gasteiger partial charge in [-0.05, 0) is 56.1 Å². The van der Waals surface area contributed by atoms with Gasteiger partial charge in [-0.2, -0.15) is 0 Å². The van der Waals surface area contributed by atoms with Crippen molar-refractivity contribution in [1.29, 1.82) is 0 Å². The van der Waals surface area contributed by atoms with Crippen molar-refractivity contribution in [3.8, 4) is 0 Å². The Bertz CT molecular complexity index is 839. The minimum Gasteiger partial charge on any atom is -0.454 e. The van der Waals surface area contributed by atoms with Crippen LogP contribution in [0, 0.1) is 23.7 Å². The van der Waals surface area contributed by atoms with Crippen molar-refractivity contribution in [2.45, 2.75) is 45.6 Å².